The minimum Gasteiger partial charge on any atom is -0.475 e. The molecule has 2 fully saturated rings. The number of carboxylic acids is 1. The number of aliphatic carboxylic acids is 1. The third-order valence-corrected chi connectivity index (χ3v) is 5.96. The Kier molecular flexibility index (Phi) is 8.25. The van der Waals surface area contributed by atoms with Crippen molar-refractivity contribution in [2.75, 3.05) is 36.5 Å². The van der Waals surface area contributed by atoms with Crippen LogP contribution in [0.25, 0.3) is 11.1 Å². The zero-order valence-electron chi connectivity index (χ0n) is 20.6. The van der Waals surface area contributed by atoms with Gasteiger partial charge in [-0.2, -0.15) is 13.2 Å². The number of alkyl halides is 3. The van der Waals surface area contributed by atoms with Gasteiger partial charge in [0, 0.05) is 55.0 Å². The summed E-state index contributed by atoms with van der Waals surface area (Å²) in [5, 5.41) is 10.1. The molecule has 10 nitrogen and oxygen atoms in total. The number of pyridine rings is 1. The Bertz CT molecular complexity index is 1250. The third kappa shape index (κ3) is 7.28. The van der Waals surface area contributed by atoms with Gasteiger partial charge in [0.2, 0.25) is 5.95 Å². The van der Waals surface area contributed by atoms with Crippen LogP contribution < -0.4 is 10.2 Å². The predicted molar refractivity (Wildman–Crippen MR) is 132 cm³/mol. The fourth-order valence-corrected chi connectivity index (χ4v) is 3.72. The number of nitrogens with one attached hydrogen (secondary N) is 1. The average Bonchev–Trinajstić information content (AvgIpc) is 3.62. The first-order valence-corrected chi connectivity index (χ1v) is 12.0. The number of rotatable bonds is 6. The number of nitrogens with zero attached hydrogens (tertiary/aromatic N) is 5. The molecular weight excluding hydrogens is 505 g/mol. The smallest absolute Gasteiger partial charge is 0.475 e. The van der Waals surface area contributed by atoms with Crippen LogP contribution in [0.1, 0.15) is 29.0 Å². The summed E-state index contributed by atoms with van der Waals surface area (Å²) >= 11 is 0. The van der Waals surface area contributed by atoms with Crippen molar-refractivity contribution in [2.24, 2.45) is 5.92 Å². The number of ether oxygens (including phenoxy) is 1. The van der Waals surface area contributed by atoms with Crippen LogP contribution in [-0.4, -0.2) is 69.0 Å². The minimum atomic E-state index is -5.08. The number of hydrogen-bond donors (Lipinski definition) is 2. The van der Waals surface area contributed by atoms with Crippen LogP contribution in [0.15, 0.2) is 43.0 Å². The number of anilines is 2. The average molecular weight is 533 g/mol. The van der Waals surface area contributed by atoms with Gasteiger partial charge in [0.15, 0.2) is 0 Å². The maximum Gasteiger partial charge on any atom is 0.490 e. The zero-order chi connectivity index (χ0) is 27.3. The van der Waals surface area contributed by atoms with Gasteiger partial charge in [-0.3, -0.25) is 9.78 Å². The van der Waals surface area contributed by atoms with Gasteiger partial charge >= 0.3 is 12.1 Å². The number of carbonyl (C=O) groups is 2. The summed E-state index contributed by atoms with van der Waals surface area (Å²) in [4.78, 5) is 37.4. The van der Waals surface area contributed by atoms with E-state index in [1.54, 1.807) is 6.20 Å². The molecule has 0 spiro atoms. The van der Waals surface area contributed by atoms with Crippen LogP contribution in [0.4, 0.5) is 24.8 Å². The number of amides is 1. The van der Waals surface area contributed by atoms with Crippen LogP contribution in [0.3, 0.4) is 0 Å². The number of carboxylic acid groups (broad SMARTS) is 1. The molecule has 0 aromatic carbocycles. The van der Waals surface area contributed by atoms with Crippen molar-refractivity contribution in [3.63, 3.8) is 0 Å². The highest BCUT2D eigenvalue weighted by atomic mass is 19.4. The Labute approximate surface area is 216 Å². The molecule has 3 aromatic rings. The number of hydrogen-bond acceptors (Lipinski definition) is 7. The van der Waals surface area contributed by atoms with E-state index in [-0.39, 0.29) is 5.91 Å². The number of morpholine rings is 1. The normalized spacial score (nSPS) is 15.4. The molecule has 13 heteroatoms. The largest absolute Gasteiger partial charge is 0.490 e. The monoisotopic (exact) mass is 532 g/mol. The van der Waals surface area contributed by atoms with E-state index in [0.29, 0.717) is 36.5 Å². The summed E-state index contributed by atoms with van der Waals surface area (Å²) in [6.07, 6.45) is 4.73. The molecule has 2 N–H and O–H groups in total. The Morgan fingerprint density at radius 2 is 1.74 bits per heavy atom. The van der Waals surface area contributed by atoms with Crippen LogP contribution in [0.5, 0.6) is 0 Å². The molecule has 1 amide bonds. The highest BCUT2D eigenvalue weighted by molar-refractivity contribution is 6.04. The number of carbonyl (C=O) groups excluding carboxylic acids is 1. The highest BCUT2D eigenvalue weighted by Crippen LogP contribution is 2.33. The Morgan fingerprint density at radius 1 is 1.08 bits per heavy atom. The summed E-state index contributed by atoms with van der Waals surface area (Å²) in [6.45, 7) is 5.77. The first-order chi connectivity index (χ1) is 18.1. The minimum absolute atomic E-state index is 0.136. The van der Waals surface area contributed by atoms with Crippen molar-refractivity contribution in [1.29, 1.82) is 0 Å². The van der Waals surface area contributed by atoms with Crippen LogP contribution in [-0.2, 0) is 16.1 Å². The fourth-order valence-electron chi connectivity index (χ4n) is 3.72. The van der Waals surface area contributed by atoms with E-state index in [9.17, 15) is 18.0 Å². The molecule has 4 heterocycles. The topological polar surface area (TPSA) is 122 Å². The van der Waals surface area contributed by atoms with E-state index in [1.807, 2.05) is 43.7 Å². The second-order valence-electron chi connectivity index (χ2n) is 9.03. The van der Waals surface area contributed by atoms with Gasteiger partial charge in [-0.05, 0) is 43.9 Å². The molecule has 2 aliphatic rings. The number of aromatic nitrogens is 4. The third-order valence-electron chi connectivity index (χ3n) is 5.96. The lowest BCUT2D eigenvalue weighted by molar-refractivity contribution is -0.192. The summed E-state index contributed by atoms with van der Waals surface area (Å²) in [5.41, 5.74) is 4.09. The van der Waals surface area contributed by atoms with Gasteiger partial charge < -0.3 is 24.6 Å². The van der Waals surface area contributed by atoms with E-state index < -0.39 is 12.1 Å². The van der Waals surface area contributed by atoms with E-state index in [2.05, 4.69) is 29.7 Å². The standard InChI is InChI=1S/C23H26N6O2.C2HF3O2/c1-16-2-5-20(13-24-16)27-22(30)21-10-18(15-29(21)14-17-3-4-17)19-11-25-23(26-12-19)28-6-8-31-9-7-28;3-2(4,5)1(6)7/h2,5,10-13,15,17H,3-4,6-9,14H2,1H3,(H,27,30);(H,6,7). The second-order valence-corrected chi connectivity index (χ2v) is 9.03. The van der Waals surface area contributed by atoms with Crippen molar-refractivity contribution in [1.82, 2.24) is 19.5 Å². The molecule has 38 heavy (non-hydrogen) atoms. The molecule has 0 radical (unpaired) electrons. The van der Waals surface area contributed by atoms with Gasteiger partial charge in [-0.25, -0.2) is 14.8 Å². The SMILES string of the molecule is Cc1ccc(NC(=O)c2cc(-c3cnc(N4CCOCC4)nc3)cn2CC2CC2)cn1.O=C(O)C(F)(F)F. The predicted octanol–water partition coefficient (Wildman–Crippen LogP) is 3.78. The van der Waals surface area contributed by atoms with Gasteiger partial charge in [0.1, 0.15) is 5.69 Å². The molecule has 3 aromatic heterocycles. The summed E-state index contributed by atoms with van der Waals surface area (Å²) in [6, 6.07) is 5.68. The molecule has 1 aliphatic carbocycles. The summed E-state index contributed by atoms with van der Waals surface area (Å²) in [5.74, 6) is -1.53. The molecule has 202 valence electrons. The molecule has 1 saturated heterocycles. The molecule has 1 saturated carbocycles. The Morgan fingerprint density at radius 3 is 2.29 bits per heavy atom. The lowest BCUT2D eigenvalue weighted by atomic mass is 10.2. The number of halogens is 3. The molecular formula is C25H27F3N6O4. The highest BCUT2D eigenvalue weighted by Gasteiger charge is 2.38. The van der Waals surface area contributed by atoms with Crippen LogP contribution >= 0.6 is 0 Å². The van der Waals surface area contributed by atoms with E-state index in [1.165, 1.54) is 12.8 Å². The Hall–Kier alpha value is -4.00. The quantitative estimate of drug-likeness (QED) is 0.492. The molecule has 5 rings (SSSR count). The summed E-state index contributed by atoms with van der Waals surface area (Å²) in [7, 11) is 0. The molecule has 1 aliphatic heterocycles. The lowest BCUT2D eigenvalue weighted by Gasteiger charge is -2.26. The van der Waals surface area contributed by atoms with Crippen LogP contribution in [0, 0.1) is 12.8 Å². The lowest BCUT2D eigenvalue weighted by Crippen LogP contribution is -2.37. The molecule has 0 bridgehead atoms. The summed E-state index contributed by atoms with van der Waals surface area (Å²) < 4.78 is 39.2. The van der Waals surface area contributed by atoms with E-state index in [0.717, 1.165) is 36.5 Å². The van der Waals surface area contributed by atoms with Crippen molar-refractivity contribution in [3.05, 3.63) is 54.4 Å². The zero-order valence-corrected chi connectivity index (χ0v) is 20.6. The van der Waals surface area contributed by atoms with Crippen molar-refractivity contribution in [2.45, 2.75) is 32.5 Å². The van der Waals surface area contributed by atoms with E-state index >= 15 is 0 Å². The fraction of sp³-hybridized carbons (Fsp3) is 0.400. The second kappa shape index (κ2) is 11.6. The first kappa shape index (κ1) is 27.0. The molecule has 0 unspecified atom stereocenters. The van der Waals surface area contributed by atoms with Gasteiger partial charge in [0.05, 0.1) is 25.1 Å². The Balaban J connectivity index is 0.000000426. The molecule has 0 atom stereocenters. The maximum atomic E-state index is 13.0. The van der Waals surface area contributed by atoms with Gasteiger partial charge in [-0.15, -0.1) is 0 Å². The van der Waals surface area contributed by atoms with E-state index in [4.69, 9.17) is 14.6 Å². The first-order valence-electron chi connectivity index (χ1n) is 12.0. The van der Waals surface area contributed by atoms with Crippen molar-refractivity contribution in [3.8, 4) is 11.1 Å². The number of aryl methyl sites for hydroxylation is 1. The van der Waals surface area contributed by atoms with Gasteiger partial charge in [-0.1, -0.05) is 0 Å². The maximum absolute atomic E-state index is 13.0. The van der Waals surface area contributed by atoms with Crippen molar-refractivity contribution >= 4 is 23.5 Å². The van der Waals surface area contributed by atoms with Crippen LogP contribution in [0.2, 0.25) is 0 Å². The van der Waals surface area contributed by atoms with Crippen molar-refractivity contribution < 1.29 is 32.6 Å². The van der Waals surface area contributed by atoms with Gasteiger partial charge in [0.25, 0.3) is 5.91 Å².